The Balaban J connectivity index is 1.85. The number of rotatable bonds is 6. The summed E-state index contributed by atoms with van der Waals surface area (Å²) in [5, 5.41) is 8.65. The molecule has 158 valence electrons. The lowest BCUT2D eigenvalue weighted by molar-refractivity contribution is 0.0724. The molecule has 1 heterocycles. The molecule has 5 nitrogen and oxygen atoms in total. The Kier molecular flexibility index (Phi) is 6.60. The quantitative estimate of drug-likeness (QED) is 0.308. The van der Waals surface area contributed by atoms with Gasteiger partial charge < -0.3 is 4.74 Å². The molecule has 3 aromatic rings. The number of halogens is 4. The molecule has 0 radical (unpaired) electrons. The molecule has 0 saturated carbocycles. The van der Waals surface area contributed by atoms with Gasteiger partial charge in [0, 0.05) is 30.1 Å². The van der Waals surface area contributed by atoms with E-state index in [-0.39, 0.29) is 11.4 Å². The molecule has 0 N–H and O–H groups in total. The Morgan fingerprint density at radius 3 is 2.10 bits per heavy atom. The summed E-state index contributed by atoms with van der Waals surface area (Å²) in [6.07, 6.45) is 5.85. The lowest BCUT2D eigenvalue weighted by atomic mass is 10.1. The largest absolute Gasteiger partial charge is 0.423 e. The van der Waals surface area contributed by atoms with Gasteiger partial charge in [0.15, 0.2) is 5.82 Å². The van der Waals surface area contributed by atoms with E-state index in [0.717, 1.165) is 37.0 Å². The number of hydrogen-bond donors (Lipinski definition) is 0. The highest BCUT2D eigenvalue weighted by Crippen LogP contribution is 2.25. The van der Waals surface area contributed by atoms with Gasteiger partial charge in [-0.15, -0.1) is 0 Å². The fourth-order valence-corrected chi connectivity index (χ4v) is 2.78. The van der Waals surface area contributed by atoms with Crippen LogP contribution in [0.2, 0.25) is 0 Å². The highest BCUT2D eigenvalue weighted by Gasteiger charge is 2.23. The zero-order chi connectivity index (χ0) is 22.5. The van der Waals surface area contributed by atoms with Crippen LogP contribution in [-0.4, -0.2) is 15.9 Å². The lowest BCUT2D eigenvalue weighted by Gasteiger charge is -2.09. The van der Waals surface area contributed by atoms with Crippen LogP contribution in [-0.2, 0) is 6.42 Å². The second kappa shape index (κ2) is 9.34. The van der Waals surface area contributed by atoms with E-state index in [1.165, 1.54) is 6.07 Å². The third-order valence-corrected chi connectivity index (χ3v) is 4.37. The first kappa shape index (κ1) is 21.9. The van der Waals surface area contributed by atoms with Crippen molar-refractivity contribution >= 4 is 5.97 Å². The Hall–Kier alpha value is -3.80. The van der Waals surface area contributed by atoms with Crippen molar-refractivity contribution in [2.45, 2.75) is 26.2 Å². The monoisotopic (exact) mass is 429 g/mol. The van der Waals surface area contributed by atoms with Crippen molar-refractivity contribution in [2.75, 3.05) is 0 Å². The molecular weight excluding hydrogens is 414 g/mol. The van der Waals surface area contributed by atoms with Crippen molar-refractivity contribution in [1.29, 1.82) is 5.26 Å². The van der Waals surface area contributed by atoms with Gasteiger partial charge in [0.05, 0.1) is 0 Å². The minimum absolute atomic E-state index is 0.00375. The molecule has 3 rings (SSSR count). The molecule has 2 aromatic carbocycles. The van der Waals surface area contributed by atoms with E-state index in [9.17, 15) is 22.4 Å². The molecule has 0 atom stereocenters. The summed E-state index contributed by atoms with van der Waals surface area (Å²) in [5.41, 5.74) is -1.03. The number of benzene rings is 2. The first-order valence-corrected chi connectivity index (χ1v) is 9.25. The summed E-state index contributed by atoms with van der Waals surface area (Å²) in [6.45, 7) is 2.04. The van der Waals surface area contributed by atoms with Crippen LogP contribution in [0.15, 0.2) is 36.7 Å². The van der Waals surface area contributed by atoms with Crippen molar-refractivity contribution in [1.82, 2.24) is 9.97 Å². The average molecular weight is 429 g/mol. The Labute approximate surface area is 175 Å². The molecule has 0 bridgehead atoms. The number of hydrogen-bond acceptors (Lipinski definition) is 5. The average Bonchev–Trinajstić information content (AvgIpc) is 2.72. The van der Waals surface area contributed by atoms with Crippen LogP contribution in [0, 0.1) is 34.6 Å². The highest BCUT2D eigenvalue weighted by molar-refractivity contribution is 5.92. The van der Waals surface area contributed by atoms with Crippen LogP contribution in [0.25, 0.3) is 11.4 Å². The topological polar surface area (TPSA) is 75.9 Å². The van der Waals surface area contributed by atoms with E-state index in [2.05, 4.69) is 14.7 Å². The third-order valence-electron chi connectivity index (χ3n) is 4.37. The summed E-state index contributed by atoms with van der Waals surface area (Å²) >= 11 is 0. The zero-order valence-corrected chi connectivity index (χ0v) is 16.3. The van der Waals surface area contributed by atoms with E-state index in [1.54, 1.807) is 12.4 Å². The van der Waals surface area contributed by atoms with Gasteiger partial charge in [-0.05, 0) is 30.5 Å². The predicted octanol–water partition coefficient (Wildman–Crippen LogP) is 5.13. The smallest absolute Gasteiger partial charge is 0.349 e. The zero-order valence-electron chi connectivity index (χ0n) is 16.3. The Bertz CT molecular complexity index is 1130. The number of carbonyl (C=O) groups excluding carboxylic acids is 1. The number of unbranched alkanes of at least 4 members (excludes halogenated alkanes) is 1. The van der Waals surface area contributed by atoms with Crippen molar-refractivity contribution in [3.8, 4) is 23.2 Å². The van der Waals surface area contributed by atoms with Gasteiger partial charge in [0.1, 0.15) is 46.2 Å². The normalized spacial score (nSPS) is 10.6. The molecule has 0 aliphatic heterocycles. The van der Waals surface area contributed by atoms with Crippen LogP contribution in [0.4, 0.5) is 17.6 Å². The summed E-state index contributed by atoms with van der Waals surface area (Å²) in [4.78, 5) is 20.4. The molecule has 0 aliphatic carbocycles. The molecule has 9 heteroatoms. The predicted molar refractivity (Wildman–Crippen MR) is 102 cm³/mol. The van der Waals surface area contributed by atoms with Gasteiger partial charge in [0.25, 0.3) is 0 Å². The second-order valence-corrected chi connectivity index (χ2v) is 6.60. The van der Waals surface area contributed by atoms with E-state index in [1.807, 2.05) is 6.92 Å². The number of aryl methyl sites for hydroxylation is 1. The molecule has 0 saturated heterocycles. The maximum Gasteiger partial charge on any atom is 0.349 e. The van der Waals surface area contributed by atoms with E-state index < -0.39 is 46.1 Å². The number of aromatic nitrogens is 2. The maximum absolute atomic E-state index is 14.5. The number of esters is 1. The summed E-state index contributed by atoms with van der Waals surface area (Å²) in [6, 6.07) is 4.16. The van der Waals surface area contributed by atoms with E-state index >= 15 is 0 Å². The van der Waals surface area contributed by atoms with E-state index in [4.69, 9.17) is 5.26 Å². The van der Waals surface area contributed by atoms with Crippen molar-refractivity contribution < 1.29 is 27.1 Å². The fraction of sp³-hybridized carbons (Fsp3) is 0.182. The first-order valence-electron chi connectivity index (χ1n) is 9.25. The summed E-state index contributed by atoms with van der Waals surface area (Å²) in [7, 11) is 0. The molecule has 31 heavy (non-hydrogen) atoms. The van der Waals surface area contributed by atoms with Gasteiger partial charge in [-0.25, -0.2) is 32.3 Å². The first-order chi connectivity index (χ1) is 14.8. The Morgan fingerprint density at radius 1 is 1.00 bits per heavy atom. The molecule has 0 fully saturated rings. The van der Waals surface area contributed by atoms with Gasteiger partial charge >= 0.3 is 5.97 Å². The van der Waals surface area contributed by atoms with Gasteiger partial charge in [0.2, 0.25) is 0 Å². The van der Waals surface area contributed by atoms with E-state index in [0.29, 0.717) is 12.1 Å². The van der Waals surface area contributed by atoms with Gasteiger partial charge in [-0.1, -0.05) is 13.3 Å². The molecular formula is C22H15F4N3O2. The van der Waals surface area contributed by atoms with Crippen LogP contribution in [0.3, 0.4) is 0 Å². The highest BCUT2D eigenvalue weighted by atomic mass is 19.1. The van der Waals surface area contributed by atoms with Gasteiger partial charge in [-0.2, -0.15) is 5.26 Å². The van der Waals surface area contributed by atoms with Gasteiger partial charge in [-0.3, -0.25) is 0 Å². The minimum atomic E-state index is -1.50. The second-order valence-electron chi connectivity index (χ2n) is 6.60. The van der Waals surface area contributed by atoms with Crippen molar-refractivity contribution in [2.24, 2.45) is 0 Å². The van der Waals surface area contributed by atoms with Crippen LogP contribution < -0.4 is 4.74 Å². The SMILES string of the molecule is CCCCc1cnc(-c2cc(F)c(C(=O)Oc3cc(F)c(C#N)c(F)c3)c(F)c2)nc1. The van der Waals surface area contributed by atoms with Crippen LogP contribution in [0.5, 0.6) is 5.75 Å². The molecule has 0 aliphatic rings. The number of nitrogens with zero attached hydrogens (tertiary/aromatic N) is 3. The van der Waals surface area contributed by atoms with Crippen molar-refractivity contribution in [3.05, 3.63) is 76.6 Å². The number of nitriles is 1. The molecule has 0 amide bonds. The summed E-state index contributed by atoms with van der Waals surface area (Å²) in [5.74, 6) is -7.15. The summed E-state index contributed by atoms with van der Waals surface area (Å²) < 4.78 is 60.9. The molecule has 0 spiro atoms. The third kappa shape index (κ3) is 4.86. The Morgan fingerprint density at radius 2 is 1.58 bits per heavy atom. The van der Waals surface area contributed by atoms with Crippen LogP contribution in [0.1, 0.15) is 41.3 Å². The minimum Gasteiger partial charge on any atom is -0.423 e. The number of ether oxygens (including phenoxy) is 1. The fourth-order valence-electron chi connectivity index (χ4n) is 2.78. The molecule has 1 aromatic heterocycles. The number of carbonyl (C=O) groups is 1. The maximum atomic E-state index is 14.5. The molecule has 0 unspecified atom stereocenters. The lowest BCUT2D eigenvalue weighted by Crippen LogP contribution is -2.14. The van der Waals surface area contributed by atoms with Crippen molar-refractivity contribution in [3.63, 3.8) is 0 Å². The van der Waals surface area contributed by atoms with Crippen LogP contribution >= 0.6 is 0 Å². The standard InChI is InChI=1S/C22H15F4N3O2/c1-2-3-4-12-10-28-21(29-11-12)13-5-18(25)20(19(26)6-13)22(30)31-14-7-16(23)15(9-27)17(24)8-14/h5-8,10-11H,2-4H2,1H3.